The predicted octanol–water partition coefficient (Wildman–Crippen LogP) is 3.56. The second-order valence-electron chi connectivity index (χ2n) is 7.89. The van der Waals surface area contributed by atoms with E-state index in [0.717, 1.165) is 23.0 Å². The molecule has 3 heterocycles. The van der Waals surface area contributed by atoms with Crippen LogP contribution < -0.4 is 16.2 Å². The van der Waals surface area contributed by atoms with Crippen LogP contribution in [0.15, 0.2) is 47.3 Å². The summed E-state index contributed by atoms with van der Waals surface area (Å²) in [6.07, 6.45) is 0. The Morgan fingerprint density at radius 2 is 1.85 bits per heavy atom. The Morgan fingerprint density at radius 3 is 2.70 bits per heavy atom. The number of anilines is 3. The smallest absolute Gasteiger partial charge is 0.273 e. The Hall–Kier alpha value is -3.89. The van der Waals surface area contributed by atoms with Gasteiger partial charge in [0.25, 0.3) is 5.56 Å². The van der Waals surface area contributed by atoms with Crippen LogP contribution in [0.5, 0.6) is 0 Å². The highest BCUT2D eigenvalue weighted by molar-refractivity contribution is 6.38. The summed E-state index contributed by atoms with van der Waals surface area (Å²) in [6.45, 7) is 1.47. The van der Waals surface area contributed by atoms with Crippen molar-refractivity contribution >= 4 is 50.9 Å². The number of rotatable bonds is 7. The first-order chi connectivity index (χ1) is 16.0. The molecule has 10 nitrogen and oxygen atoms in total. The minimum absolute atomic E-state index is 0.276. The zero-order valence-corrected chi connectivity index (χ0v) is 18.8. The minimum atomic E-state index is -0.276. The third-order valence-electron chi connectivity index (χ3n) is 5.33. The van der Waals surface area contributed by atoms with Gasteiger partial charge in [0.05, 0.1) is 21.4 Å². The van der Waals surface area contributed by atoms with Gasteiger partial charge in [-0.2, -0.15) is 5.10 Å². The second-order valence-corrected chi connectivity index (χ2v) is 8.27. The molecule has 0 aliphatic heterocycles. The van der Waals surface area contributed by atoms with E-state index in [2.05, 4.69) is 46.1 Å². The quantitative estimate of drug-likeness (QED) is 0.249. The molecule has 5 aromatic rings. The van der Waals surface area contributed by atoms with Crippen molar-refractivity contribution in [3.05, 3.63) is 57.8 Å². The summed E-state index contributed by atoms with van der Waals surface area (Å²) in [6, 6.07) is 13.3. The lowest BCUT2D eigenvalue weighted by Gasteiger charge is -2.15. The molecule has 11 heteroatoms. The summed E-state index contributed by atoms with van der Waals surface area (Å²) in [7, 11) is 4.00. The first-order valence-corrected chi connectivity index (χ1v) is 10.7. The summed E-state index contributed by atoms with van der Waals surface area (Å²) >= 11 is 6.69. The fraction of sp³-hybridized carbons (Fsp3) is 0.182. The average molecular weight is 464 g/mol. The lowest BCUT2D eigenvalue weighted by atomic mass is 10.0. The number of likely N-dealkylation sites (N-methyl/N-ethyl adjacent to an activating group) is 1. The van der Waals surface area contributed by atoms with Crippen LogP contribution in [-0.4, -0.2) is 62.7 Å². The van der Waals surface area contributed by atoms with Gasteiger partial charge in [-0.05, 0) is 38.4 Å². The highest BCUT2D eigenvalue weighted by Gasteiger charge is 2.17. The molecule has 0 atom stereocenters. The van der Waals surface area contributed by atoms with Gasteiger partial charge in [-0.15, -0.1) is 10.2 Å². The van der Waals surface area contributed by atoms with Gasteiger partial charge in [-0.1, -0.05) is 29.8 Å². The number of para-hydroxylation sites is 1. The molecule has 168 valence electrons. The summed E-state index contributed by atoms with van der Waals surface area (Å²) < 4.78 is 0. The Kier molecular flexibility index (Phi) is 5.45. The number of aromatic nitrogens is 6. The summed E-state index contributed by atoms with van der Waals surface area (Å²) in [4.78, 5) is 14.3. The lowest BCUT2D eigenvalue weighted by molar-refractivity contribution is 0.425. The molecule has 0 saturated heterocycles. The van der Waals surface area contributed by atoms with E-state index in [1.165, 1.54) is 0 Å². The van der Waals surface area contributed by atoms with Crippen molar-refractivity contribution in [2.45, 2.75) is 0 Å². The number of benzene rings is 2. The van der Waals surface area contributed by atoms with Gasteiger partial charge in [0.2, 0.25) is 0 Å². The van der Waals surface area contributed by atoms with E-state index in [4.69, 9.17) is 11.6 Å². The Morgan fingerprint density at radius 1 is 1.00 bits per heavy atom. The largest absolute Gasteiger partial charge is 0.367 e. The van der Waals surface area contributed by atoms with E-state index in [0.29, 0.717) is 45.5 Å². The maximum atomic E-state index is 12.3. The normalized spacial score (nSPS) is 11.5. The van der Waals surface area contributed by atoms with Crippen molar-refractivity contribution < 1.29 is 0 Å². The summed E-state index contributed by atoms with van der Waals surface area (Å²) in [5.41, 5.74) is 2.67. The SMILES string of the molecule is CN(C)CCNc1nnc(Nc2n[nH]c3ccccc23)cc1-c1ccc2[nH][nH]c(=O)c2c1Cl. The number of hydrogen-bond acceptors (Lipinski definition) is 7. The molecule has 0 spiro atoms. The standard InChI is InChI=1S/C22H22ClN9O/c1-32(2)10-9-24-20-14(12-7-8-16-18(19(12)23)22(33)31-27-16)11-17(28-29-20)25-21-13-5-3-4-6-15(13)26-30-21/h3-8,11H,9-10H2,1-2H3,(H,24,29)(H2,27,31,33)(H2,25,26,28,30). The number of nitrogens with one attached hydrogen (secondary N) is 5. The van der Waals surface area contributed by atoms with Crippen LogP contribution in [0.25, 0.3) is 32.9 Å². The van der Waals surface area contributed by atoms with Crippen molar-refractivity contribution in [1.29, 1.82) is 0 Å². The van der Waals surface area contributed by atoms with Crippen molar-refractivity contribution in [3.8, 4) is 11.1 Å². The van der Waals surface area contributed by atoms with Crippen molar-refractivity contribution in [1.82, 2.24) is 35.5 Å². The van der Waals surface area contributed by atoms with Gasteiger partial charge >= 0.3 is 0 Å². The van der Waals surface area contributed by atoms with Crippen LogP contribution in [0.1, 0.15) is 0 Å². The zero-order valence-electron chi connectivity index (χ0n) is 18.0. The molecule has 2 aromatic carbocycles. The fourth-order valence-corrected chi connectivity index (χ4v) is 4.02. The number of nitrogens with zero attached hydrogens (tertiary/aromatic N) is 4. The van der Waals surface area contributed by atoms with Gasteiger partial charge in [-0.3, -0.25) is 20.1 Å². The molecule has 33 heavy (non-hydrogen) atoms. The van der Waals surface area contributed by atoms with Gasteiger partial charge in [0, 0.05) is 29.6 Å². The van der Waals surface area contributed by atoms with Gasteiger partial charge in [-0.25, -0.2) is 0 Å². The van der Waals surface area contributed by atoms with Gasteiger partial charge < -0.3 is 15.5 Å². The molecule has 0 unspecified atom stereocenters. The molecule has 0 radical (unpaired) electrons. The van der Waals surface area contributed by atoms with Gasteiger partial charge in [0.1, 0.15) is 0 Å². The first kappa shape index (κ1) is 21.0. The number of aromatic amines is 3. The molecule has 0 saturated carbocycles. The summed E-state index contributed by atoms with van der Waals surface area (Å²) in [5.74, 6) is 1.71. The molecular weight excluding hydrogens is 442 g/mol. The third-order valence-corrected chi connectivity index (χ3v) is 5.72. The van der Waals surface area contributed by atoms with Crippen molar-refractivity contribution in [2.75, 3.05) is 37.8 Å². The second kappa shape index (κ2) is 8.57. The van der Waals surface area contributed by atoms with E-state index in [1.54, 1.807) is 0 Å². The number of hydrogen-bond donors (Lipinski definition) is 5. The number of halogens is 1. The molecule has 0 fully saturated rings. The molecular formula is C22H22ClN9O. The minimum Gasteiger partial charge on any atom is -0.367 e. The van der Waals surface area contributed by atoms with Crippen LogP contribution in [0.2, 0.25) is 5.02 Å². The average Bonchev–Trinajstić information content (AvgIpc) is 3.39. The third kappa shape index (κ3) is 4.01. The van der Waals surface area contributed by atoms with Crippen molar-refractivity contribution in [2.24, 2.45) is 0 Å². The fourth-order valence-electron chi connectivity index (χ4n) is 3.66. The molecule has 5 N–H and O–H groups in total. The van der Waals surface area contributed by atoms with Crippen LogP contribution in [0.3, 0.4) is 0 Å². The van der Waals surface area contributed by atoms with Crippen LogP contribution in [0.4, 0.5) is 17.5 Å². The highest BCUT2D eigenvalue weighted by atomic mass is 35.5. The van der Waals surface area contributed by atoms with E-state index < -0.39 is 0 Å². The summed E-state index contributed by atoms with van der Waals surface area (Å²) in [5, 5.41) is 29.7. The molecule has 5 rings (SSSR count). The zero-order chi connectivity index (χ0) is 22.9. The van der Waals surface area contributed by atoms with E-state index >= 15 is 0 Å². The Labute approximate surface area is 193 Å². The molecule has 0 bridgehead atoms. The van der Waals surface area contributed by atoms with Crippen LogP contribution in [0, 0.1) is 0 Å². The molecule has 3 aromatic heterocycles. The molecule has 0 aliphatic carbocycles. The topological polar surface area (TPSA) is 130 Å². The number of H-pyrrole nitrogens is 3. The van der Waals surface area contributed by atoms with Crippen LogP contribution in [-0.2, 0) is 0 Å². The van der Waals surface area contributed by atoms with Crippen LogP contribution >= 0.6 is 11.6 Å². The Balaban J connectivity index is 1.58. The highest BCUT2D eigenvalue weighted by Crippen LogP contribution is 2.37. The molecule has 0 amide bonds. The molecule has 0 aliphatic rings. The van der Waals surface area contributed by atoms with Crippen molar-refractivity contribution in [3.63, 3.8) is 0 Å². The Bertz CT molecular complexity index is 1500. The first-order valence-electron chi connectivity index (χ1n) is 10.4. The monoisotopic (exact) mass is 463 g/mol. The lowest BCUT2D eigenvalue weighted by Crippen LogP contribution is -2.21. The maximum Gasteiger partial charge on any atom is 0.273 e. The van der Waals surface area contributed by atoms with Gasteiger partial charge in [0.15, 0.2) is 17.5 Å². The predicted molar refractivity (Wildman–Crippen MR) is 131 cm³/mol. The van der Waals surface area contributed by atoms with E-state index in [1.807, 2.05) is 56.6 Å². The number of fused-ring (bicyclic) bond motifs is 2. The van der Waals surface area contributed by atoms with E-state index in [-0.39, 0.29) is 5.56 Å². The van der Waals surface area contributed by atoms with E-state index in [9.17, 15) is 4.79 Å². The maximum absolute atomic E-state index is 12.3.